The molecule has 2 aliphatic rings. The number of pyridine rings is 2. The molecule has 2 aliphatic heterocycles. The van der Waals surface area contributed by atoms with Crippen LogP contribution in [0.2, 0.25) is 0 Å². The molecule has 1 aromatic carbocycles. The van der Waals surface area contributed by atoms with E-state index in [1.54, 1.807) is 24.7 Å². The van der Waals surface area contributed by atoms with Gasteiger partial charge in [-0.05, 0) is 31.5 Å². The molecular weight excluding hydrogens is 372 g/mol. The first-order valence-corrected chi connectivity index (χ1v) is 9.53. The average Bonchev–Trinajstić information content (AvgIpc) is 3.08. The van der Waals surface area contributed by atoms with Crippen molar-refractivity contribution in [2.75, 3.05) is 7.11 Å². The topological polar surface area (TPSA) is 90.7 Å². The van der Waals surface area contributed by atoms with E-state index in [9.17, 15) is 14.7 Å². The van der Waals surface area contributed by atoms with Gasteiger partial charge in [-0.3, -0.25) is 4.79 Å². The third-order valence-electron chi connectivity index (χ3n) is 5.99. The molecule has 0 fully saturated rings. The van der Waals surface area contributed by atoms with E-state index in [4.69, 9.17) is 14.5 Å². The molecule has 3 aromatic rings. The molecule has 5 rings (SSSR count). The summed E-state index contributed by atoms with van der Waals surface area (Å²) in [5.74, 6) is -0.0394. The monoisotopic (exact) mass is 392 g/mol. The van der Waals surface area contributed by atoms with Gasteiger partial charge in [-0.1, -0.05) is 18.6 Å². The van der Waals surface area contributed by atoms with Gasteiger partial charge in [0.25, 0.3) is 5.56 Å². The van der Waals surface area contributed by atoms with Gasteiger partial charge in [0, 0.05) is 16.5 Å². The van der Waals surface area contributed by atoms with Crippen LogP contribution in [0.3, 0.4) is 0 Å². The van der Waals surface area contributed by atoms with Crippen molar-refractivity contribution in [1.82, 2.24) is 9.55 Å². The Bertz CT molecular complexity index is 1280. The molecule has 0 saturated carbocycles. The van der Waals surface area contributed by atoms with Gasteiger partial charge in [0.2, 0.25) is 0 Å². The Labute approximate surface area is 166 Å². The zero-order valence-electron chi connectivity index (χ0n) is 16.4. The number of carbonyl (C=O) groups excluding carboxylic acids is 1. The van der Waals surface area contributed by atoms with Crippen molar-refractivity contribution in [2.45, 2.75) is 39.0 Å². The van der Waals surface area contributed by atoms with Gasteiger partial charge in [0.15, 0.2) is 5.60 Å². The van der Waals surface area contributed by atoms with E-state index in [2.05, 4.69) is 0 Å². The lowest BCUT2D eigenvalue weighted by Gasteiger charge is -2.31. The number of rotatable bonds is 2. The minimum Gasteiger partial charge on any atom is -0.496 e. The number of fused-ring (bicyclic) bond motifs is 5. The third kappa shape index (κ3) is 2.25. The maximum Gasteiger partial charge on any atom is 0.343 e. The summed E-state index contributed by atoms with van der Waals surface area (Å²) >= 11 is 0. The lowest BCUT2D eigenvalue weighted by atomic mass is 9.86. The number of esters is 1. The van der Waals surface area contributed by atoms with Gasteiger partial charge >= 0.3 is 5.97 Å². The Morgan fingerprint density at radius 2 is 2.07 bits per heavy atom. The van der Waals surface area contributed by atoms with Gasteiger partial charge in [-0.25, -0.2) is 9.78 Å². The van der Waals surface area contributed by atoms with E-state index >= 15 is 0 Å². The Morgan fingerprint density at radius 1 is 1.28 bits per heavy atom. The molecule has 4 heterocycles. The van der Waals surface area contributed by atoms with E-state index in [1.807, 2.05) is 25.1 Å². The zero-order chi connectivity index (χ0) is 20.5. The van der Waals surface area contributed by atoms with Crippen LogP contribution in [0.25, 0.3) is 22.3 Å². The van der Waals surface area contributed by atoms with Gasteiger partial charge in [-0.15, -0.1) is 0 Å². The summed E-state index contributed by atoms with van der Waals surface area (Å²) in [6.45, 7) is 3.86. The van der Waals surface area contributed by atoms with Crippen LogP contribution >= 0.6 is 0 Å². The quantitative estimate of drug-likeness (QED) is 0.527. The fraction of sp³-hybridized carbons (Fsp3) is 0.318. The van der Waals surface area contributed by atoms with Crippen LogP contribution in [0.5, 0.6) is 5.75 Å². The molecule has 1 N–H and O–H groups in total. The summed E-state index contributed by atoms with van der Waals surface area (Å²) in [5.41, 5.74) is 2.38. The van der Waals surface area contributed by atoms with E-state index in [0.717, 1.165) is 22.0 Å². The number of ether oxygens (including phenoxy) is 2. The van der Waals surface area contributed by atoms with E-state index < -0.39 is 11.6 Å². The number of cyclic esters (lactones) is 1. The molecule has 0 spiro atoms. The van der Waals surface area contributed by atoms with Crippen LogP contribution < -0.4 is 10.3 Å². The third-order valence-corrected chi connectivity index (χ3v) is 5.99. The van der Waals surface area contributed by atoms with Crippen LogP contribution in [0.4, 0.5) is 0 Å². The highest BCUT2D eigenvalue weighted by Crippen LogP contribution is 2.42. The zero-order valence-corrected chi connectivity index (χ0v) is 16.4. The van der Waals surface area contributed by atoms with Crippen molar-refractivity contribution >= 4 is 16.9 Å². The maximum atomic E-state index is 13.2. The number of aryl methyl sites for hydroxylation is 1. The van der Waals surface area contributed by atoms with Crippen molar-refractivity contribution in [2.24, 2.45) is 0 Å². The lowest BCUT2D eigenvalue weighted by Crippen LogP contribution is -2.44. The fourth-order valence-corrected chi connectivity index (χ4v) is 4.39. The predicted octanol–water partition coefficient (Wildman–Crippen LogP) is 2.40. The van der Waals surface area contributed by atoms with Crippen LogP contribution in [-0.2, 0) is 28.3 Å². The highest BCUT2D eigenvalue weighted by atomic mass is 16.6. The molecule has 148 valence electrons. The molecule has 2 aromatic heterocycles. The number of aliphatic hydroxyl groups is 1. The highest BCUT2D eigenvalue weighted by Gasteiger charge is 2.45. The second-order valence-electron chi connectivity index (χ2n) is 7.60. The van der Waals surface area contributed by atoms with Crippen molar-refractivity contribution in [3.05, 3.63) is 56.9 Å². The molecule has 0 saturated heterocycles. The van der Waals surface area contributed by atoms with Crippen LogP contribution in [0, 0.1) is 6.92 Å². The summed E-state index contributed by atoms with van der Waals surface area (Å²) in [5, 5.41) is 11.8. The molecular formula is C22H20N2O5. The van der Waals surface area contributed by atoms with Gasteiger partial charge < -0.3 is 19.1 Å². The van der Waals surface area contributed by atoms with Gasteiger partial charge in [0.1, 0.15) is 12.4 Å². The molecule has 0 bridgehead atoms. The van der Waals surface area contributed by atoms with E-state index in [1.165, 1.54) is 0 Å². The minimum atomic E-state index is -1.83. The number of carbonyl (C=O) groups is 1. The molecule has 0 aliphatic carbocycles. The standard InChI is InChI=1S/C22H20N2O5/c1-4-22(27)15-8-17-18-13(9-24(17)20(25)14(15)10-29-21(22)26)19(28-3)12-7-11(2)5-6-16(12)23-18/h5-8,27H,4,9-10H2,1-3H3/t22-/m0/s1. The van der Waals surface area contributed by atoms with E-state index in [0.29, 0.717) is 34.8 Å². The van der Waals surface area contributed by atoms with Crippen LogP contribution in [-0.4, -0.2) is 27.7 Å². The van der Waals surface area contributed by atoms with Crippen LogP contribution in [0.15, 0.2) is 29.1 Å². The Hall–Kier alpha value is -3.19. The fourth-order valence-electron chi connectivity index (χ4n) is 4.39. The van der Waals surface area contributed by atoms with Crippen molar-refractivity contribution in [3.8, 4) is 17.1 Å². The summed E-state index contributed by atoms with van der Waals surface area (Å²) in [7, 11) is 1.61. The van der Waals surface area contributed by atoms with E-state index in [-0.39, 0.29) is 18.6 Å². The van der Waals surface area contributed by atoms with Crippen molar-refractivity contribution < 1.29 is 19.4 Å². The first-order chi connectivity index (χ1) is 13.9. The Morgan fingerprint density at radius 3 is 2.79 bits per heavy atom. The number of methoxy groups -OCH3 is 1. The number of nitrogens with zero attached hydrogens (tertiary/aromatic N) is 2. The van der Waals surface area contributed by atoms with Crippen LogP contribution in [0.1, 0.15) is 35.6 Å². The number of aromatic nitrogens is 2. The molecule has 7 nitrogen and oxygen atoms in total. The molecule has 7 heteroatoms. The van der Waals surface area contributed by atoms with Gasteiger partial charge in [-0.2, -0.15) is 0 Å². The average molecular weight is 392 g/mol. The minimum absolute atomic E-state index is 0.113. The van der Waals surface area contributed by atoms with Crippen molar-refractivity contribution in [3.63, 3.8) is 0 Å². The lowest BCUT2D eigenvalue weighted by molar-refractivity contribution is -0.172. The number of hydrogen-bond acceptors (Lipinski definition) is 6. The molecule has 0 radical (unpaired) electrons. The molecule has 0 unspecified atom stereocenters. The SMILES string of the molecule is CC[C@@]1(O)C(=O)OCc2c1cc1n(c2=O)Cc2c-1nc1ccc(C)cc1c2OC. The number of benzene rings is 1. The summed E-state index contributed by atoms with van der Waals surface area (Å²) in [6.07, 6.45) is 0.113. The molecule has 29 heavy (non-hydrogen) atoms. The highest BCUT2D eigenvalue weighted by molar-refractivity contribution is 5.92. The molecule has 1 atom stereocenters. The Balaban J connectivity index is 1.84. The number of hydrogen-bond donors (Lipinski definition) is 1. The Kier molecular flexibility index (Phi) is 3.64. The van der Waals surface area contributed by atoms with Crippen molar-refractivity contribution in [1.29, 1.82) is 0 Å². The largest absolute Gasteiger partial charge is 0.496 e. The normalized spacial score (nSPS) is 19.5. The second-order valence-corrected chi connectivity index (χ2v) is 7.60. The smallest absolute Gasteiger partial charge is 0.343 e. The predicted molar refractivity (Wildman–Crippen MR) is 106 cm³/mol. The first-order valence-electron chi connectivity index (χ1n) is 9.53. The second kappa shape index (κ2) is 5.90. The molecule has 0 amide bonds. The summed E-state index contributed by atoms with van der Waals surface area (Å²) in [6, 6.07) is 7.62. The summed E-state index contributed by atoms with van der Waals surface area (Å²) in [4.78, 5) is 30.3. The maximum absolute atomic E-state index is 13.2. The summed E-state index contributed by atoms with van der Waals surface area (Å²) < 4.78 is 12.4. The van der Waals surface area contributed by atoms with Gasteiger partial charge in [0.05, 0.1) is 36.1 Å². The first kappa shape index (κ1) is 17.9.